The predicted molar refractivity (Wildman–Crippen MR) is 72.8 cm³/mol. The normalized spacial score (nSPS) is 14.0. The van der Waals surface area contributed by atoms with Crippen molar-refractivity contribution in [3.8, 4) is 11.5 Å². The minimum atomic E-state index is 0.518. The van der Waals surface area contributed by atoms with Gasteiger partial charge >= 0.3 is 0 Å². The van der Waals surface area contributed by atoms with Gasteiger partial charge in [-0.3, -0.25) is 0 Å². The molecule has 1 aromatic carbocycles. The maximum atomic E-state index is 5.57. The molecule has 1 heterocycles. The number of fused-ring (bicyclic) bond motifs is 1. The molecule has 1 aliphatic rings. The second kappa shape index (κ2) is 6.41. The van der Waals surface area contributed by atoms with Crippen LogP contribution in [-0.4, -0.2) is 19.8 Å². The standard InChI is InChI=1S/C13H18BrNO3/c1-9(2)8-18-15-7-10-5-11(14)13-12(6-10)16-3-4-17-13/h5-6,9,15H,3-4,7-8H2,1-2H3. The van der Waals surface area contributed by atoms with Crippen LogP contribution in [0.1, 0.15) is 19.4 Å². The van der Waals surface area contributed by atoms with Crippen molar-refractivity contribution in [1.82, 2.24) is 5.48 Å². The van der Waals surface area contributed by atoms with Gasteiger partial charge in [0.15, 0.2) is 11.5 Å². The highest BCUT2D eigenvalue weighted by Gasteiger charge is 2.16. The minimum Gasteiger partial charge on any atom is -0.486 e. The summed E-state index contributed by atoms with van der Waals surface area (Å²) in [6.07, 6.45) is 0. The lowest BCUT2D eigenvalue weighted by molar-refractivity contribution is 0.0196. The van der Waals surface area contributed by atoms with Crippen LogP contribution in [0.15, 0.2) is 16.6 Å². The smallest absolute Gasteiger partial charge is 0.175 e. The van der Waals surface area contributed by atoms with Crippen LogP contribution in [0.4, 0.5) is 0 Å². The van der Waals surface area contributed by atoms with Gasteiger partial charge in [-0.05, 0) is 39.5 Å². The van der Waals surface area contributed by atoms with Crippen LogP contribution in [0.25, 0.3) is 0 Å². The highest BCUT2D eigenvalue weighted by molar-refractivity contribution is 9.10. The summed E-state index contributed by atoms with van der Waals surface area (Å²) in [5.74, 6) is 2.09. The molecule has 0 atom stereocenters. The molecule has 0 saturated heterocycles. The summed E-state index contributed by atoms with van der Waals surface area (Å²) in [4.78, 5) is 5.35. The maximum absolute atomic E-state index is 5.57. The lowest BCUT2D eigenvalue weighted by Gasteiger charge is -2.20. The molecular weight excluding hydrogens is 298 g/mol. The van der Waals surface area contributed by atoms with E-state index in [0.717, 1.165) is 21.5 Å². The largest absolute Gasteiger partial charge is 0.486 e. The Morgan fingerprint density at radius 1 is 1.33 bits per heavy atom. The third-order valence-electron chi connectivity index (χ3n) is 2.45. The van der Waals surface area contributed by atoms with Gasteiger partial charge < -0.3 is 14.3 Å². The summed E-state index contributed by atoms with van der Waals surface area (Å²) >= 11 is 3.49. The van der Waals surface area contributed by atoms with Crippen molar-refractivity contribution in [2.45, 2.75) is 20.4 Å². The molecule has 0 amide bonds. The molecule has 0 aliphatic carbocycles. The van der Waals surface area contributed by atoms with Gasteiger partial charge in [-0.2, -0.15) is 5.48 Å². The van der Waals surface area contributed by atoms with E-state index in [9.17, 15) is 0 Å². The Balaban J connectivity index is 1.95. The number of rotatable bonds is 5. The summed E-state index contributed by atoms with van der Waals surface area (Å²) in [5, 5.41) is 0. The first-order valence-electron chi connectivity index (χ1n) is 6.09. The highest BCUT2D eigenvalue weighted by Crippen LogP contribution is 2.38. The van der Waals surface area contributed by atoms with E-state index >= 15 is 0 Å². The fraction of sp³-hybridized carbons (Fsp3) is 0.538. The first-order valence-corrected chi connectivity index (χ1v) is 6.89. The molecule has 18 heavy (non-hydrogen) atoms. The minimum absolute atomic E-state index is 0.518. The van der Waals surface area contributed by atoms with Crippen molar-refractivity contribution in [3.63, 3.8) is 0 Å². The Morgan fingerprint density at radius 3 is 2.89 bits per heavy atom. The predicted octanol–water partition coefficient (Wildman–Crippen LogP) is 2.90. The average Bonchev–Trinajstić information content (AvgIpc) is 2.35. The molecule has 0 aromatic heterocycles. The molecule has 0 spiro atoms. The molecule has 1 N–H and O–H groups in total. The second-order valence-corrected chi connectivity index (χ2v) is 5.48. The Bertz CT molecular complexity index is 409. The van der Waals surface area contributed by atoms with Crippen LogP contribution in [0.5, 0.6) is 11.5 Å². The summed E-state index contributed by atoms with van der Waals surface area (Å²) in [6, 6.07) is 3.99. The first-order chi connectivity index (χ1) is 8.66. The van der Waals surface area contributed by atoms with Crippen LogP contribution in [0.3, 0.4) is 0 Å². The Kier molecular flexibility index (Phi) is 4.86. The summed E-state index contributed by atoms with van der Waals surface area (Å²) in [6.45, 7) is 6.76. The quantitative estimate of drug-likeness (QED) is 0.670. The van der Waals surface area contributed by atoms with Crippen molar-refractivity contribution in [2.75, 3.05) is 19.8 Å². The summed E-state index contributed by atoms with van der Waals surface area (Å²) in [5.41, 5.74) is 4.04. The van der Waals surface area contributed by atoms with Gasteiger partial charge in [0, 0.05) is 6.54 Å². The number of nitrogens with one attached hydrogen (secondary N) is 1. The van der Waals surface area contributed by atoms with Crippen LogP contribution < -0.4 is 15.0 Å². The third-order valence-corrected chi connectivity index (χ3v) is 3.04. The van der Waals surface area contributed by atoms with Crippen molar-refractivity contribution in [1.29, 1.82) is 0 Å². The molecule has 5 heteroatoms. The summed E-state index contributed by atoms with van der Waals surface area (Å²) in [7, 11) is 0. The van der Waals surface area contributed by atoms with Crippen LogP contribution >= 0.6 is 15.9 Å². The average molecular weight is 316 g/mol. The number of hydrogen-bond donors (Lipinski definition) is 1. The van der Waals surface area contributed by atoms with E-state index in [2.05, 4.69) is 35.3 Å². The van der Waals surface area contributed by atoms with E-state index in [4.69, 9.17) is 14.3 Å². The lowest BCUT2D eigenvalue weighted by atomic mass is 10.2. The van der Waals surface area contributed by atoms with Crippen LogP contribution in [-0.2, 0) is 11.4 Å². The Hall–Kier alpha value is -0.780. The van der Waals surface area contributed by atoms with Gasteiger partial charge in [0.05, 0.1) is 11.1 Å². The van der Waals surface area contributed by atoms with E-state index in [-0.39, 0.29) is 0 Å². The fourth-order valence-corrected chi connectivity index (χ4v) is 2.23. The number of halogens is 1. The first kappa shape index (κ1) is 13.6. The van der Waals surface area contributed by atoms with Gasteiger partial charge in [-0.15, -0.1) is 0 Å². The van der Waals surface area contributed by atoms with Gasteiger partial charge in [0.1, 0.15) is 13.2 Å². The molecule has 0 fully saturated rings. The zero-order valence-electron chi connectivity index (χ0n) is 10.7. The van der Waals surface area contributed by atoms with E-state index in [0.29, 0.717) is 32.3 Å². The van der Waals surface area contributed by atoms with Gasteiger partial charge in [0.25, 0.3) is 0 Å². The maximum Gasteiger partial charge on any atom is 0.175 e. The lowest BCUT2D eigenvalue weighted by Crippen LogP contribution is -2.19. The molecule has 2 rings (SSSR count). The van der Waals surface area contributed by atoms with Gasteiger partial charge in [-0.1, -0.05) is 13.8 Å². The number of hydrogen-bond acceptors (Lipinski definition) is 4. The highest BCUT2D eigenvalue weighted by atomic mass is 79.9. The molecule has 0 radical (unpaired) electrons. The molecule has 1 aliphatic heterocycles. The van der Waals surface area contributed by atoms with Crippen LogP contribution in [0.2, 0.25) is 0 Å². The SMILES string of the molecule is CC(C)CONCc1cc(Br)c2c(c1)OCCO2. The van der Waals surface area contributed by atoms with E-state index in [1.165, 1.54) is 0 Å². The topological polar surface area (TPSA) is 39.7 Å². The van der Waals surface area contributed by atoms with Crippen molar-refractivity contribution in [3.05, 3.63) is 22.2 Å². The summed E-state index contributed by atoms with van der Waals surface area (Å²) < 4.78 is 12.0. The van der Waals surface area contributed by atoms with Gasteiger partial charge in [-0.25, -0.2) is 0 Å². The molecule has 0 saturated carbocycles. The fourth-order valence-electron chi connectivity index (χ4n) is 1.63. The second-order valence-electron chi connectivity index (χ2n) is 4.63. The molecule has 1 aromatic rings. The zero-order valence-corrected chi connectivity index (χ0v) is 12.2. The molecule has 4 nitrogen and oxygen atoms in total. The van der Waals surface area contributed by atoms with Crippen molar-refractivity contribution in [2.24, 2.45) is 5.92 Å². The Morgan fingerprint density at radius 2 is 2.11 bits per heavy atom. The molecule has 100 valence electrons. The van der Waals surface area contributed by atoms with Gasteiger partial charge in [0.2, 0.25) is 0 Å². The molecule has 0 unspecified atom stereocenters. The Labute approximate surface area is 116 Å². The van der Waals surface area contributed by atoms with Crippen molar-refractivity contribution < 1.29 is 14.3 Å². The zero-order chi connectivity index (χ0) is 13.0. The number of benzene rings is 1. The molecule has 0 bridgehead atoms. The third kappa shape index (κ3) is 3.60. The van der Waals surface area contributed by atoms with E-state index in [1.54, 1.807) is 0 Å². The van der Waals surface area contributed by atoms with E-state index in [1.807, 2.05) is 12.1 Å². The van der Waals surface area contributed by atoms with E-state index < -0.39 is 0 Å². The monoisotopic (exact) mass is 315 g/mol. The number of hydroxylamine groups is 1. The van der Waals surface area contributed by atoms with Crippen molar-refractivity contribution >= 4 is 15.9 Å². The molecular formula is C13H18BrNO3. The van der Waals surface area contributed by atoms with Crippen LogP contribution in [0, 0.1) is 5.92 Å². The number of ether oxygens (including phenoxy) is 2.